The molecule has 2 aromatic carbocycles. The van der Waals surface area contributed by atoms with Crippen molar-refractivity contribution >= 4 is 6.29 Å². The van der Waals surface area contributed by atoms with E-state index < -0.39 is 6.10 Å². The maximum absolute atomic E-state index is 10.9. The van der Waals surface area contributed by atoms with E-state index in [0.717, 1.165) is 6.29 Å². The third-order valence-electron chi connectivity index (χ3n) is 2.94. The molecule has 1 N–H and O–H groups in total. The van der Waals surface area contributed by atoms with Gasteiger partial charge in [0.2, 0.25) is 0 Å². The van der Waals surface area contributed by atoms with Crippen molar-refractivity contribution in [3.05, 3.63) is 59.7 Å². The van der Waals surface area contributed by atoms with Gasteiger partial charge in [0.25, 0.3) is 0 Å². The molecule has 0 aliphatic rings. The zero-order valence-corrected chi connectivity index (χ0v) is 11.2. The molecule has 2 rings (SSSR count). The zero-order valence-electron chi connectivity index (χ0n) is 11.2. The van der Waals surface area contributed by atoms with Crippen LogP contribution in [-0.4, -0.2) is 25.1 Å². The van der Waals surface area contributed by atoms with Gasteiger partial charge < -0.3 is 14.6 Å². The fourth-order valence-corrected chi connectivity index (χ4v) is 1.91. The van der Waals surface area contributed by atoms with Gasteiger partial charge in [-0.15, -0.1) is 0 Å². The van der Waals surface area contributed by atoms with E-state index >= 15 is 0 Å². The van der Waals surface area contributed by atoms with E-state index in [4.69, 9.17) is 9.47 Å². The quantitative estimate of drug-likeness (QED) is 0.821. The summed E-state index contributed by atoms with van der Waals surface area (Å²) in [5.74, 6) is 1.06. The second-order valence-electron chi connectivity index (χ2n) is 4.22. The summed E-state index contributed by atoms with van der Waals surface area (Å²) >= 11 is 0. The first-order chi connectivity index (χ1) is 9.76. The Balaban J connectivity index is 2.08. The molecule has 0 aliphatic carbocycles. The van der Waals surface area contributed by atoms with Crippen LogP contribution in [0.3, 0.4) is 0 Å². The molecule has 0 aliphatic heterocycles. The van der Waals surface area contributed by atoms with Crippen LogP contribution in [-0.2, 0) is 0 Å². The highest BCUT2D eigenvalue weighted by Crippen LogP contribution is 2.26. The van der Waals surface area contributed by atoms with E-state index in [2.05, 4.69) is 0 Å². The summed E-state index contributed by atoms with van der Waals surface area (Å²) in [6.45, 7) is 0.0469. The largest absolute Gasteiger partial charge is 0.496 e. The lowest BCUT2D eigenvalue weighted by Gasteiger charge is -2.16. The van der Waals surface area contributed by atoms with Gasteiger partial charge in [-0.1, -0.05) is 30.3 Å². The molecule has 0 amide bonds. The second kappa shape index (κ2) is 6.73. The van der Waals surface area contributed by atoms with Gasteiger partial charge in [-0.3, -0.25) is 4.79 Å². The average molecular weight is 272 g/mol. The molecule has 104 valence electrons. The number of para-hydroxylation sites is 2. The number of carbonyl (C=O) groups excluding carboxylic acids is 1. The minimum atomic E-state index is -0.828. The number of aldehydes is 1. The van der Waals surface area contributed by atoms with Crippen LogP contribution in [0.15, 0.2) is 48.5 Å². The van der Waals surface area contributed by atoms with Gasteiger partial charge in [0, 0.05) is 5.56 Å². The predicted octanol–water partition coefficient (Wildman–Crippen LogP) is 2.62. The van der Waals surface area contributed by atoms with Crippen molar-refractivity contribution in [3.63, 3.8) is 0 Å². The highest BCUT2D eigenvalue weighted by molar-refractivity contribution is 5.79. The Morgan fingerprint density at radius 2 is 1.75 bits per heavy atom. The van der Waals surface area contributed by atoms with Gasteiger partial charge in [0.1, 0.15) is 24.2 Å². The normalized spacial score (nSPS) is 11.7. The molecule has 0 fully saturated rings. The van der Waals surface area contributed by atoms with Gasteiger partial charge >= 0.3 is 0 Å². The summed E-state index contributed by atoms with van der Waals surface area (Å²) in [5, 5.41) is 10.2. The highest BCUT2D eigenvalue weighted by Gasteiger charge is 2.14. The lowest BCUT2D eigenvalue weighted by Crippen LogP contribution is -2.11. The van der Waals surface area contributed by atoms with Crippen LogP contribution in [0.2, 0.25) is 0 Å². The van der Waals surface area contributed by atoms with Crippen molar-refractivity contribution in [3.8, 4) is 11.5 Å². The Morgan fingerprint density at radius 1 is 1.10 bits per heavy atom. The van der Waals surface area contributed by atoms with E-state index in [9.17, 15) is 9.90 Å². The Morgan fingerprint density at radius 3 is 2.45 bits per heavy atom. The van der Waals surface area contributed by atoms with Crippen molar-refractivity contribution < 1.29 is 19.4 Å². The molecule has 0 saturated carbocycles. The number of methoxy groups -OCH3 is 1. The molecule has 0 aromatic heterocycles. The Kier molecular flexibility index (Phi) is 4.74. The van der Waals surface area contributed by atoms with Gasteiger partial charge in [-0.2, -0.15) is 0 Å². The van der Waals surface area contributed by atoms with E-state index in [1.165, 1.54) is 0 Å². The van der Waals surface area contributed by atoms with Crippen LogP contribution >= 0.6 is 0 Å². The number of carbonyl (C=O) groups is 1. The molecule has 0 saturated heterocycles. The van der Waals surface area contributed by atoms with Crippen LogP contribution in [0.25, 0.3) is 0 Å². The van der Waals surface area contributed by atoms with Gasteiger partial charge in [-0.05, 0) is 18.2 Å². The topological polar surface area (TPSA) is 55.8 Å². The minimum Gasteiger partial charge on any atom is -0.496 e. The smallest absolute Gasteiger partial charge is 0.153 e. The number of aliphatic hydroxyl groups excluding tert-OH is 1. The molecular weight excluding hydrogens is 256 g/mol. The lowest BCUT2D eigenvalue weighted by molar-refractivity contribution is 0.102. The van der Waals surface area contributed by atoms with Crippen LogP contribution in [0, 0.1) is 0 Å². The van der Waals surface area contributed by atoms with Crippen LogP contribution in [0.4, 0.5) is 0 Å². The first-order valence-electron chi connectivity index (χ1n) is 6.24. The number of benzene rings is 2. The number of rotatable bonds is 6. The Hall–Kier alpha value is -2.33. The molecule has 0 spiro atoms. The molecule has 4 heteroatoms. The Labute approximate surface area is 117 Å². The molecule has 1 atom stereocenters. The van der Waals surface area contributed by atoms with Crippen LogP contribution in [0.5, 0.6) is 11.5 Å². The molecule has 4 nitrogen and oxygen atoms in total. The molecular formula is C16H16O4. The monoisotopic (exact) mass is 272 g/mol. The zero-order chi connectivity index (χ0) is 14.4. The molecule has 1 unspecified atom stereocenters. The molecule has 0 radical (unpaired) electrons. The Bertz CT molecular complexity index is 580. The molecule has 0 bridgehead atoms. The second-order valence-corrected chi connectivity index (χ2v) is 4.22. The molecule has 2 aromatic rings. The lowest BCUT2D eigenvalue weighted by atomic mass is 10.1. The van der Waals surface area contributed by atoms with Crippen LogP contribution < -0.4 is 9.47 Å². The fourth-order valence-electron chi connectivity index (χ4n) is 1.91. The summed E-state index contributed by atoms with van der Waals surface area (Å²) in [5.41, 5.74) is 1.11. The minimum absolute atomic E-state index is 0.0469. The fraction of sp³-hybridized carbons (Fsp3) is 0.188. The number of hydrogen-bond acceptors (Lipinski definition) is 4. The first kappa shape index (κ1) is 14.1. The van der Waals surface area contributed by atoms with Crippen molar-refractivity contribution in [1.29, 1.82) is 0 Å². The molecule has 20 heavy (non-hydrogen) atoms. The number of aliphatic hydroxyl groups is 1. The summed E-state index contributed by atoms with van der Waals surface area (Å²) in [4.78, 5) is 10.9. The SMILES string of the molecule is COc1ccccc1C(O)COc1ccccc1C=O. The van der Waals surface area contributed by atoms with Gasteiger partial charge in [0.05, 0.1) is 12.7 Å². The summed E-state index contributed by atoms with van der Waals surface area (Å²) < 4.78 is 10.7. The third-order valence-corrected chi connectivity index (χ3v) is 2.94. The summed E-state index contributed by atoms with van der Waals surface area (Å²) in [7, 11) is 1.55. The first-order valence-corrected chi connectivity index (χ1v) is 6.24. The highest BCUT2D eigenvalue weighted by atomic mass is 16.5. The predicted molar refractivity (Wildman–Crippen MR) is 75.3 cm³/mol. The summed E-state index contributed by atoms with van der Waals surface area (Å²) in [6, 6.07) is 14.1. The maximum Gasteiger partial charge on any atom is 0.153 e. The van der Waals surface area contributed by atoms with Crippen molar-refractivity contribution in [2.24, 2.45) is 0 Å². The number of hydrogen-bond donors (Lipinski definition) is 1. The van der Waals surface area contributed by atoms with Crippen molar-refractivity contribution in [2.75, 3.05) is 13.7 Å². The van der Waals surface area contributed by atoms with Gasteiger partial charge in [0.15, 0.2) is 6.29 Å². The van der Waals surface area contributed by atoms with Gasteiger partial charge in [-0.25, -0.2) is 0 Å². The van der Waals surface area contributed by atoms with Crippen molar-refractivity contribution in [1.82, 2.24) is 0 Å². The molecule has 0 heterocycles. The van der Waals surface area contributed by atoms with E-state index in [1.54, 1.807) is 43.5 Å². The van der Waals surface area contributed by atoms with E-state index in [1.807, 2.05) is 12.1 Å². The van der Waals surface area contributed by atoms with E-state index in [0.29, 0.717) is 22.6 Å². The maximum atomic E-state index is 10.9. The van der Waals surface area contributed by atoms with Crippen LogP contribution in [0.1, 0.15) is 22.0 Å². The van der Waals surface area contributed by atoms with E-state index in [-0.39, 0.29) is 6.61 Å². The number of ether oxygens (including phenoxy) is 2. The third kappa shape index (κ3) is 3.16. The standard InChI is InChI=1S/C16H16O4/c1-19-16-9-5-3-7-13(16)14(18)11-20-15-8-4-2-6-12(15)10-17/h2-10,14,18H,11H2,1H3. The average Bonchev–Trinajstić information content (AvgIpc) is 2.52. The van der Waals surface area contributed by atoms with Crippen molar-refractivity contribution in [2.45, 2.75) is 6.10 Å². The summed E-state index contributed by atoms with van der Waals surface area (Å²) in [6.07, 6.45) is -0.101.